The maximum atomic E-state index is 3.09. The van der Waals surface area contributed by atoms with Crippen LogP contribution in [0.15, 0.2) is 30.3 Å². The van der Waals surface area contributed by atoms with Crippen LogP contribution in [0.2, 0.25) is 0 Å². The molecule has 0 N–H and O–H groups in total. The van der Waals surface area contributed by atoms with E-state index in [0.29, 0.717) is 0 Å². The molecule has 2 rings (SSSR count). The Morgan fingerprint density at radius 3 is 2.73 bits per heavy atom. The summed E-state index contributed by atoms with van der Waals surface area (Å²) < 4.78 is 2.00. The van der Waals surface area contributed by atoms with Crippen LogP contribution in [0.25, 0.3) is 10.9 Å². The van der Waals surface area contributed by atoms with Crippen molar-refractivity contribution in [3.05, 3.63) is 36.5 Å². The van der Waals surface area contributed by atoms with Crippen molar-refractivity contribution in [1.82, 2.24) is 4.57 Å². The number of rotatable bonds is 0. The SMILES string of the molecule is Cn1[c-]cc2ccccc21.[Li+]. The molecule has 0 bridgehead atoms. The summed E-state index contributed by atoms with van der Waals surface area (Å²) in [5.74, 6) is 0. The predicted octanol–water partition coefficient (Wildman–Crippen LogP) is -1.02. The maximum Gasteiger partial charge on any atom is 1.00 e. The van der Waals surface area contributed by atoms with Gasteiger partial charge < -0.3 is 4.57 Å². The summed E-state index contributed by atoms with van der Waals surface area (Å²) in [7, 11) is 2.00. The van der Waals surface area contributed by atoms with Gasteiger partial charge in [-0.1, -0.05) is 12.1 Å². The third-order valence-corrected chi connectivity index (χ3v) is 1.71. The monoisotopic (exact) mass is 137 g/mol. The molecule has 0 radical (unpaired) electrons. The van der Waals surface area contributed by atoms with E-state index < -0.39 is 0 Å². The topological polar surface area (TPSA) is 4.93 Å². The maximum absolute atomic E-state index is 3.09. The van der Waals surface area contributed by atoms with Gasteiger partial charge in [0.05, 0.1) is 0 Å². The molecule has 0 aliphatic heterocycles. The molecule has 2 aromatic rings. The molecule has 1 heterocycles. The van der Waals surface area contributed by atoms with Crippen LogP contribution in [0.3, 0.4) is 0 Å². The second kappa shape index (κ2) is 3.17. The normalized spacial score (nSPS) is 9.55. The Labute approximate surface area is 78.2 Å². The van der Waals surface area contributed by atoms with Crippen molar-refractivity contribution in [2.75, 3.05) is 0 Å². The molecule has 2 heteroatoms. The van der Waals surface area contributed by atoms with Crippen molar-refractivity contribution in [2.24, 2.45) is 7.05 Å². The van der Waals surface area contributed by atoms with Crippen LogP contribution in [-0.2, 0) is 7.05 Å². The van der Waals surface area contributed by atoms with E-state index in [2.05, 4.69) is 18.3 Å². The minimum atomic E-state index is 0. The molecule has 1 aromatic heterocycles. The van der Waals surface area contributed by atoms with E-state index in [0.717, 1.165) is 0 Å². The van der Waals surface area contributed by atoms with Crippen LogP contribution >= 0.6 is 0 Å². The van der Waals surface area contributed by atoms with Crippen LogP contribution in [0.4, 0.5) is 0 Å². The second-order valence-electron chi connectivity index (χ2n) is 2.39. The van der Waals surface area contributed by atoms with Crippen molar-refractivity contribution in [3.8, 4) is 0 Å². The van der Waals surface area contributed by atoms with Gasteiger partial charge in [0.15, 0.2) is 0 Å². The molecular weight excluding hydrogens is 129 g/mol. The van der Waals surface area contributed by atoms with E-state index in [1.165, 1.54) is 10.9 Å². The van der Waals surface area contributed by atoms with E-state index in [1.807, 2.05) is 29.8 Å². The van der Waals surface area contributed by atoms with E-state index in [1.54, 1.807) is 0 Å². The Hall–Kier alpha value is -0.643. The van der Waals surface area contributed by atoms with Crippen molar-refractivity contribution < 1.29 is 18.9 Å². The minimum Gasteiger partial charge on any atom is -0.466 e. The summed E-state index contributed by atoms with van der Waals surface area (Å²) in [6.07, 6.45) is 3.09. The van der Waals surface area contributed by atoms with Crippen molar-refractivity contribution in [1.29, 1.82) is 0 Å². The van der Waals surface area contributed by atoms with Crippen LogP contribution in [0.1, 0.15) is 0 Å². The zero-order valence-electron chi connectivity index (χ0n) is 6.83. The van der Waals surface area contributed by atoms with Crippen molar-refractivity contribution in [2.45, 2.75) is 0 Å². The molecule has 50 valence electrons. The van der Waals surface area contributed by atoms with Gasteiger partial charge in [0.2, 0.25) is 0 Å². The molecule has 0 saturated carbocycles. The quantitative estimate of drug-likeness (QED) is 0.323. The molecule has 0 spiro atoms. The van der Waals surface area contributed by atoms with Gasteiger partial charge in [-0.25, -0.2) is 0 Å². The number of hydrogen-bond donors (Lipinski definition) is 0. The van der Waals surface area contributed by atoms with E-state index >= 15 is 0 Å². The van der Waals surface area contributed by atoms with Gasteiger partial charge >= 0.3 is 18.9 Å². The first-order valence-electron chi connectivity index (χ1n) is 3.30. The van der Waals surface area contributed by atoms with Gasteiger partial charge in [-0.2, -0.15) is 11.5 Å². The first-order valence-corrected chi connectivity index (χ1v) is 3.30. The van der Waals surface area contributed by atoms with Gasteiger partial charge in [0, 0.05) is 0 Å². The van der Waals surface area contributed by atoms with E-state index in [-0.39, 0.29) is 18.9 Å². The van der Waals surface area contributed by atoms with Crippen molar-refractivity contribution >= 4 is 10.9 Å². The number of hydrogen-bond acceptors (Lipinski definition) is 0. The Morgan fingerprint density at radius 2 is 2.00 bits per heavy atom. The fourth-order valence-electron chi connectivity index (χ4n) is 1.15. The first-order chi connectivity index (χ1) is 4.88. The fourth-order valence-corrected chi connectivity index (χ4v) is 1.15. The predicted molar refractivity (Wildman–Crippen MR) is 41.8 cm³/mol. The Balaban J connectivity index is 0.000000605. The number of fused-ring (bicyclic) bond motifs is 1. The summed E-state index contributed by atoms with van der Waals surface area (Å²) in [5.41, 5.74) is 1.24. The number of benzene rings is 1. The average Bonchev–Trinajstić information content (AvgIpc) is 2.34. The van der Waals surface area contributed by atoms with Gasteiger partial charge in [0.1, 0.15) is 0 Å². The van der Waals surface area contributed by atoms with Gasteiger partial charge in [-0.3, -0.25) is 0 Å². The Kier molecular flexibility index (Phi) is 2.44. The summed E-state index contributed by atoms with van der Waals surface area (Å²) >= 11 is 0. The summed E-state index contributed by atoms with van der Waals surface area (Å²) in [5, 5.41) is 1.25. The summed E-state index contributed by atoms with van der Waals surface area (Å²) in [4.78, 5) is 0. The zero-order valence-corrected chi connectivity index (χ0v) is 6.83. The standard InChI is InChI=1S/C9H8N.Li/c1-10-7-6-8-4-2-3-5-9(8)10;/h2-6H,1H3;/q-1;+1. The number of para-hydroxylation sites is 1. The third kappa shape index (κ3) is 1.35. The average molecular weight is 137 g/mol. The molecule has 1 nitrogen and oxygen atoms in total. The fraction of sp³-hybridized carbons (Fsp3) is 0.111. The largest absolute Gasteiger partial charge is 1.00 e. The molecular formula is C9H8LiN. The smallest absolute Gasteiger partial charge is 0.466 e. The van der Waals surface area contributed by atoms with Crippen LogP contribution in [0.5, 0.6) is 0 Å². The molecule has 1 aromatic carbocycles. The van der Waals surface area contributed by atoms with Crippen molar-refractivity contribution in [3.63, 3.8) is 0 Å². The molecule has 0 unspecified atom stereocenters. The summed E-state index contributed by atoms with van der Waals surface area (Å²) in [6.45, 7) is 0. The number of aryl methyl sites for hydroxylation is 1. The molecule has 0 fully saturated rings. The van der Waals surface area contributed by atoms with Crippen LogP contribution < -0.4 is 18.9 Å². The van der Waals surface area contributed by atoms with Crippen LogP contribution in [0, 0.1) is 6.20 Å². The molecule has 11 heavy (non-hydrogen) atoms. The molecule has 0 saturated heterocycles. The van der Waals surface area contributed by atoms with Gasteiger partial charge in [-0.05, 0) is 7.05 Å². The van der Waals surface area contributed by atoms with Gasteiger partial charge in [-0.15, -0.1) is 23.8 Å². The third-order valence-electron chi connectivity index (χ3n) is 1.71. The Bertz CT molecular complexity index is 351. The minimum absolute atomic E-state index is 0. The zero-order chi connectivity index (χ0) is 6.97. The van der Waals surface area contributed by atoms with Crippen LogP contribution in [-0.4, -0.2) is 4.57 Å². The number of aromatic nitrogens is 1. The number of nitrogens with zero attached hydrogens (tertiary/aromatic N) is 1. The molecule has 0 amide bonds. The van der Waals surface area contributed by atoms with Gasteiger partial charge in [0.25, 0.3) is 0 Å². The second-order valence-corrected chi connectivity index (χ2v) is 2.39. The Morgan fingerprint density at radius 1 is 1.27 bits per heavy atom. The first kappa shape index (κ1) is 8.45. The molecule has 0 atom stereocenters. The summed E-state index contributed by atoms with van der Waals surface area (Å²) in [6, 6.07) is 10.2. The molecule has 0 aliphatic rings. The van der Waals surface area contributed by atoms with E-state index in [4.69, 9.17) is 0 Å². The molecule has 0 aliphatic carbocycles. The van der Waals surface area contributed by atoms with E-state index in [9.17, 15) is 0 Å².